The van der Waals surface area contributed by atoms with Crippen molar-refractivity contribution in [1.82, 2.24) is 4.98 Å². The van der Waals surface area contributed by atoms with E-state index in [1.165, 1.54) is 31.5 Å². The number of para-hydroxylation sites is 2. The van der Waals surface area contributed by atoms with Crippen LogP contribution in [0.4, 0.5) is 5.69 Å². The van der Waals surface area contributed by atoms with E-state index in [4.69, 9.17) is 22.1 Å². The highest BCUT2D eigenvalue weighted by molar-refractivity contribution is 7.93. The number of fused-ring (bicyclic) bond motifs is 2. The Hall–Kier alpha value is -3.95. The molecule has 0 saturated heterocycles. The number of sulfonamides is 1. The molecule has 10 heteroatoms. The summed E-state index contributed by atoms with van der Waals surface area (Å²) in [4.78, 5) is 30.5. The number of methoxy groups -OCH3 is 1. The van der Waals surface area contributed by atoms with Crippen LogP contribution in [0.5, 0.6) is 5.75 Å². The summed E-state index contributed by atoms with van der Waals surface area (Å²) < 4.78 is 34.1. The van der Waals surface area contributed by atoms with Crippen LogP contribution in [-0.2, 0) is 14.8 Å². The summed E-state index contributed by atoms with van der Waals surface area (Å²) in [7, 11) is -3.03. The zero-order chi connectivity index (χ0) is 24.9. The number of hydrogen-bond donors (Lipinski definition) is 1. The lowest BCUT2D eigenvalue weighted by atomic mass is 9.88. The number of anilines is 1. The van der Waals surface area contributed by atoms with Crippen LogP contribution in [-0.4, -0.2) is 32.3 Å². The first-order valence-electron chi connectivity index (χ1n) is 10.5. The van der Waals surface area contributed by atoms with Gasteiger partial charge in [-0.2, -0.15) is 0 Å². The minimum atomic E-state index is -4.46. The van der Waals surface area contributed by atoms with Crippen molar-refractivity contribution in [1.29, 1.82) is 0 Å². The van der Waals surface area contributed by atoms with Gasteiger partial charge in [-0.25, -0.2) is 12.7 Å². The number of carbonyl (C=O) groups is 2. The van der Waals surface area contributed by atoms with Crippen molar-refractivity contribution >= 4 is 50.0 Å². The molecule has 1 aliphatic rings. The molecule has 0 bridgehead atoms. The second-order valence-electron chi connectivity index (χ2n) is 7.83. The van der Waals surface area contributed by atoms with Crippen LogP contribution in [0.25, 0.3) is 10.9 Å². The molecular formula is C25H18ClN3O5S. The Morgan fingerprint density at radius 3 is 2.54 bits per heavy atom. The summed E-state index contributed by atoms with van der Waals surface area (Å²) in [5, 5.41) is 0.602. The van der Waals surface area contributed by atoms with Crippen LogP contribution in [0.1, 0.15) is 27.4 Å². The maximum Gasteiger partial charge on any atom is 0.273 e. The predicted octanol–water partition coefficient (Wildman–Crippen LogP) is 3.86. The molecular weight excluding hydrogens is 490 g/mol. The molecule has 1 aliphatic heterocycles. The first-order valence-corrected chi connectivity index (χ1v) is 12.3. The molecule has 5 rings (SSSR count). The van der Waals surface area contributed by atoms with Crippen molar-refractivity contribution in [2.45, 2.75) is 10.8 Å². The van der Waals surface area contributed by atoms with Gasteiger partial charge in [-0.1, -0.05) is 48.0 Å². The van der Waals surface area contributed by atoms with Crippen molar-refractivity contribution in [3.8, 4) is 5.75 Å². The van der Waals surface area contributed by atoms with Crippen LogP contribution >= 0.6 is 11.6 Å². The number of amides is 2. The Bertz CT molecular complexity index is 1630. The van der Waals surface area contributed by atoms with Crippen LogP contribution < -0.4 is 14.8 Å². The quantitative estimate of drug-likeness (QED) is 0.438. The van der Waals surface area contributed by atoms with Crippen molar-refractivity contribution in [2.24, 2.45) is 5.73 Å². The number of nitrogens with zero attached hydrogens (tertiary/aromatic N) is 2. The molecule has 8 nitrogen and oxygen atoms in total. The van der Waals surface area contributed by atoms with Gasteiger partial charge in [0.25, 0.3) is 21.8 Å². The van der Waals surface area contributed by atoms with Crippen molar-refractivity contribution in [3.05, 3.63) is 94.6 Å². The summed E-state index contributed by atoms with van der Waals surface area (Å²) in [5.41, 5.74) is 6.21. The molecule has 1 atom stereocenters. The molecule has 1 unspecified atom stereocenters. The second-order valence-corrected chi connectivity index (χ2v) is 10.00. The summed E-state index contributed by atoms with van der Waals surface area (Å²) in [5.74, 6) is -2.52. The molecule has 2 amide bonds. The van der Waals surface area contributed by atoms with E-state index < -0.39 is 27.8 Å². The van der Waals surface area contributed by atoms with E-state index in [-0.39, 0.29) is 32.2 Å². The van der Waals surface area contributed by atoms with E-state index in [0.717, 1.165) is 0 Å². The van der Waals surface area contributed by atoms with Gasteiger partial charge in [0.2, 0.25) is 0 Å². The Labute approximate surface area is 206 Å². The fourth-order valence-electron chi connectivity index (χ4n) is 4.49. The van der Waals surface area contributed by atoms with Crippen LogP contribution in [0.2, 0.25) is 5.02 Å². The van der Waals surface area contributed by atoms with Crippen molar-refractivity contribution in [3.63, 3.8) is 0 Å². The Kier molecular flexibility index (Phi) is 5.46. The number of halogens is 1. The van der Waals surface area contributed by atoms with Gasteiger partial charge in [0, 0.05) is 22.7 Å². The molecule has 176 valence electrons. The molecule has 2 N–H and O–H groups in total. The molecule has 1 aromatic heterocycles. The van der Waals surface area contributed by atoms with Crippen molar-refractivity contribution in [2.75, 3.05) is 11.4 Å². The highest BCUT2D eigenvalue weighted by atomic mass is 35.5. The fraction of sp³-hybridized carbons (Fsp3) is 0.0800. The molecule has 3 aromatic carbocycles. The number of carbonyl (C=O) groups excluding carboxylic acids is 2. The number of rotatable bonds is 5. The SMILES string of the molecule is COc1ccccc1C1C(=O)N(S(=O)(=O)c2cccc3cccnc23)c2ccc(Cl)c(C(N)=O)c21. The molecule has 4 aromatic rings. The van der Waals surface area contributed by atoms with Gasteiger partial charge in [0.1, 0.15) is 10.6 Å². The topological polar surface area (TPSA) is 120 Å². The zero-order valence-electron chi connectivity index (χ0n) is 18.3. The van der Waals surface area contributed by atoms with Gasteiger partial charge in [-0.3, -0.25) is 14.6 Å². The summed E-state index contributed by atoms with van der Waals surface area (Å²) >= 11 is 6.31. The maximum absolute atomic E-state index is 14.0. The predicted molar refractivity (Wildman–Crippen MR) is 131 cm³/mol. The molecule has 0 fully saturated rings. The number of hydrogen-bond acceptors (Lipinski definition) is 6. The van der Waals surface area contributed by atoms with Gasteiger partial charge in [0.05, 0.1) is 34.8 Å². The van der Waals surface area contributed by atoms with E-state index in [0.29, 0.717) is 21.0 Å². The number of pyridine rings is 1. The largest absolute Gasteiger partial charge is 0.496 e. The number of aromatic nitrogens is 1. The van der Waals surface area contributed by atoms with Gasteiger partial charge < -0.3 is 10.5 Å². The van der Waals surface area contributed by atoms with E-state index >= 15 is 0 Å². The van der Waals surface area contributed by atoms with Crippen LogP contribution in [0.15, 0.2) is 77.8 Å². The van der Waals surface area contributed by atoms with E-state index in [9.17, 15) is 18.0 Å². The average molecular weight is 508 g/mol. The standard InChI is InChI=1S/C25H18ClN3O5S/c1-34-18-9-3-2-8-15(18)20-22-17(12-11-16(26)21(22)24(27)30)29(25(20)31)35(32,33)19-10-4-6-14-7-5-13-28-23(14)19/h2-13,20H,1H3,(H2,27,30). The zero-order valence-corrected chi connectivity index (χ0v) is 19.9. The average Bonchev–Trinajstić information content (AvgIpc) is 3.15. The highest BCUT2D eigenvalue weighted by Gasteiger charge is 2.48. The Morgan fingerprint density at radius 2 is 1.80 bits per heavy atom. The minimum Gasteiger partial charge on any atom is -0.496 e. The lowest BCUT2D eigenvalue weighted by Crippen LogP contribution is -2.35. The molecule has 0 spiro atoms. The summed E-state index contributed by atoms with van der Waals surface area (Å²) in [6.07, 6.45) is 1.48. The summed E-state index contributed by atoms with van der Waals surface area (Å²) in [6.45, 7) is 0. The van der Waals surface area contributed by atoms with Gasteiger partial charge in [-0.15, -0.1) is 0 Å². The van der Waals surface area contributed by atoms with E-state index in [1.807, 2.05) is 0 Å². The summed E-state index contributed by atoms with van der Waals surface area (Å²) in [6, 6.07) is 17.5. The fourth-order valence-corrected chi connectivity index (χ4v) is 6.37. The maximum atomic E-state index is 14.0. The molecule has 2 heterocycles. The lowest BCUT2D eigenvalue weighted by Gasteiger charge is -2.19. The molecule has 0 radical (unpaired) electrons. The number of ether oxygens (including phenoxy) is 1. The first-order chi connectivity index (χ1) is 16.8. The number of primary amides is 1. The van der Waals surface area contributed by atoms with Gasteiger partial charge in [0.15, 0.2) is 0 Å². The smallest absolute Gasteiger partial charge is 0.273 e. The number of nitrogens with two attached hydrogens (primary N) is 1. The van der Waals surface area contributed by atoms with Crippen molar-refractivity contribution < 1.29 is 22.7 Å². The number of benzene rings is 3. The lowest BCUT2D eigenvalue weighted by molar-refractivity contribution is -0.117. The minimum absolute atomic E-state index is 0.00274. The normalized spacial score (nSPS) is 15.3. The van der Waals surface area contributed by atoms with E-state index in [2.05, 4.69) is 4.98 Å². The Morgan fingerprint density at radius 1 is 1.06 bits per heavy atom. The monoisotopic (exact) mass is 507 g/mol. The molecule has 0 saturated carbocycles. The van der Waals surface area contributed by atoms with Crippen LogP contribution in [0, 0.1) is 0 Å². The Balaban J connectivity index is 1.82. The highest BCUT2D eigenvalue weighted by Crippen LogP contribution is 2.49. The third-order valence-corrected chi connectivity index (χ3v) is 7.99. The van der Waals surface area contributed by atoms with Gasteiger partial charge in [-0.05, 0) is 30.3 Å². The van der Waals surface area contributed by atoms with Gasteiger partial charge >= 0.3 is 0 Å². The third-order valence-electron chi connectivity index (χ3n) is 5.94. The third kappa shape index (κ3) is 3.43. The molecule has 35 heavy (non-hydrogen) atoms. The first kappa shape index (κ1) is 22.8. The molecule has 0 aliphatic carbocycles. The van der Waals surface area contributed by atoms with Crippen LogP contribution in [0.3, 0.4) is 0 Å². The van der Waals surface area contributed by atoms with E-state index in [1.54, 1.807) is 48.5 Å². The second kappa shape index (κ2) is 8.37.